The first-order valence-corrected chi connectivity index (χ1v) is 8.40. The quantitative estimate of drug-likeness (QED) is 0.420. The molecule has 1 saturated heterocycles. The van der Waals surface area contributed by atoms with E-state index in [1.54, 1.807) is 6.92 Å². The standard InChI is InChI=1S/C11H23BNO7P/c1-3-16-7-8-9(20-21(14,15)18-4-2)10(11(12)19-8)17-6-5-13/h8-11H,3-7,13H2,1-2H3,(H,14,15)/t8-,9?,10+,11-/m1/s1. The van der Waals surface area contributed by atoms with E-state index in [4.69, 9.17) is 36.8 Å². The van der Waals surface area contributed by atoms with Gasteiger partial charge in [-0.15, -0.1) is 0 Å². The molecule has 5 atom stereocenters. The van der Waals surface area contributed by atoms with Gasteiger partial charge in [0, 0.05) is 19.2 Å². The summed E-state index contributed by atoms with van der Waals surface area (Å²) in [6.07, 6.45) is -2.22. The molecule has 0 aromatic heterocycles. The summed E-state index contributed by atoms with van der Waals surface area (Å²) in [6, 6.07) is -0.798. The summed E-state index contributed by atoms with van der Waals surface area (Å²) < 4.78 is 37.9. The lowest BCUT2D eigenvalue weighted by Gasteiger charge is -2.25. The molecule has 0 aromatic rings. The normalized spacial score (nSPS) is 32.2. The van der Waals surface area contributed by atoms with Crippen molar-refractivity contribution in [3.05, 3.63) is 0 Å². The molecule has 1 heterocycles. The van der Waals surface area contributed by atoms with E-state index in [2.05, 4.69) is 0 Å². The molecule has 1 aliphatic heterocycles. The maximum absolute atomic E-state index is 11.8. The lowest BCUT2D eigenvalue weighted by Crippen LogP contribution is -2.39. The molecule has 3 N–H and O–H groups in total. The van der Waals surface area contributed by atoms with Gasteiger partial charge in [0.15, 0.2) is 0 Å². The van der Waals surface area contributed by atoms with Crippen LogP contribution in [0.15, 0.2) is 0 Å². The van der Waals surface area contributed by atoms with Crippen LogP contribution in [0.2, 0.25) is 0 Å². The van der Waals surface area contributed by atoms with Crippen LogP contribution in [0.5, 0.6) is 0 Å². The zero-order valence-electron chi connectivity index (χ0n) is 12.3. The number of nitrogens with two attached hydrogens (primary N) is 1. The van der Waals surface area contributed by atoms with Crippen LogP contribution in [0.3, 0.4) is 0 Å². The fourth-order valence-electron chi connectivity index (χ4n) is 1.99. The number of phosphoric acid groups is 1. The molecule has 1 aliphatic rings. The predicted octanol–water partition coefficient (Wildman–Crippen LogP) is -0.218. The lowest BCUT2D eigenvalue weighted by atomic mass is 9.93. The van der Waals surface area contributed by atoms with Crippen molar-refractivity contribution in [3.8, 4) is 0 Å². The second-order valence-corrected chi connectivity index (χ2v) is 5.79. The number of ether oxygens (including phenoxy) is 3. The molecular formula is C11H23BNO7P. The van der Waals surface area contributed by atoms with Crippen molar-refractivity contribution in [2.45, 2.75) is 38.2 Å². The van der Waals surface area contributed by atoms with Crippen LogP contribution >= 0.6 is 7.82 Å². The van der Waals surface area contributed by atoms with Gasteiger partial charge in [-0.25, -0.2) is 4.57 Å². The van der Waals surface area contributed by atoms with Gasteiger partial charge < -0.3 is 24.8 Å². The van der Waals surface area contributed by atoms with Gasteiger partial charge in [0.1, 0.15) is 26.2 Å². The minimum absolute atomic E-state index is 0.0395. The van der Waals surface area contributed by atoms with Gasteiger partial charge in [0.25, 0.3) is 0 Å². The molecule has 10 heteroatoms. The van der Waals surface area contributed by atoms with Gasteiger partial charge in [-0.3, -0.25) is 9.05 Å². The zero-order chi connectivity index (χ0) is 15.9. The third kappa shape index (κ3) is 5.96. The SMILES string of the molecule is [B][C@@H]1O[C@H](COCC)C(OP(=O)(O)OCC)[C@@H]1OCCN. The van der Waals surface area contributed by atoms with Crippen molar-refractivity contribution in [2.75, 3.05) is 33.0 Å². The maximum Gasteiger partial charge on any atom is 0.472 e. The molecule has 0 amide bonds. The second-order valence-electron chi connectivity index (χ2n) is 4.38. The summed E-state index contributed by atoms with van der Waals surface area (Å²) >= 11 is 0. The summed E-state index contributed by atoms with van der Waals surface area (Å²) in [7, 11) is 1.62. The van der Waals surface area contributed by atoms with Gasteiger partial charge in [-0.1, -0.05) is 0 Å². The van der Waals surface area contributed by atoms with E-state index >= 15 is 0 Å². The Morgan fingerprint density at radius 3 is 2.62 bits per heavy atom. The molecule has 0 saturated carbocycles. The van der Waals surface area contributed by atoms with E-state index in [-0.39, 0.29) is 26.4 Å². The van der Waals surface area contributed by atoms with E-state index < -0.39 is 32.1 Å². The fraction of sp³-hybridized carbons (Fsp3) is 1.00. The highest BCUT2D eigenvalue weighted by molar-refractivity contribution is 7.47. The van der Waals surface area contributed by atoms with E-state index in [0.29, 0.717) is 6.61 Å². The van der Waals surface area contributed by atoms with Crippen LogP contribution in [0.1, 0.15) is 13.8 Å². The molecule has 1 fully saturated rings. The molecule has 0 aliphatic carbocycles. The number of hydrogen-bond donors (Lipinski definition) is 2. The third-order valence-corrected chi connectivity index (χ3v) is 3.90. The second kappa shape index (κ2) is 9.22. The molecule has 2 unspecified atom stereocenters. The van der Waals surface area contributed by atoms with Crippen molar-refractivity contribution in [2.24, 2.45) is 5.73 Å². The Balaban J connectivity index is 2.77. The molecule has 0 bridgehead atoms. The van der Waals surface area contributed by atoms with Gasteiger partial charge in [-0.05, 0) is 13.8 Å². The topological polar surface area (TPSA) is 109 Å². The maximum atomic E-state index is 11.8. The van der Waals surface area contributed by atoms with Gasteiger partial charge in [0.2, 0.25) is 0 Å². The number of rotatable bonds is 10. The monoisotopic (exact) mass is 323 g/mol. The van der Waals surface area contributed by atoms with Crippen molar-refractivity contribution in [3.63, 3.8) is 0 Å². The Bertz CT molecular complexity index is 349. The molecule has 2 radical (unpaired) electrons. The average molecular weight is 323 g/mol. The van der Waals surface area contributed by atoms with Crippen LogP contribution in [0, 0.1) is 0 Å². The first-order valence-electron chi connectivity index (χ1n) is 6.91. The summed E-state index contributed by atoms with van der Waals surface area (Å²) in [5.74, 6) is 0. The smallest absolute Gasteiger partial charge is 0.379 e. The first-order chi connectivity index (χ1) is 9.95. The molecule has 122 valence electrons. The molecule has 1 rings (SSSR count). The minimum Gasteiger partial charge on any atom is -0.379 e. The zero-order valence-corrected chi connectivity index (χ0v) is 13.2. The number of phosphoric ester groups is 1. The fourth-order valence-corrected chi connectivity index (χ4v) is 2.94. The van der Waals surface area contributed by atoms with Gasteiger partial charge in [-0.2, -0.15) is 0 Å². The molecule has 0 aromatic carbocycles. The Hall–Kier alpha value is 0.0149. The van der Waals surface area contributed by atoms with Crippen LogP contribution in [-0.4, -0.2) is 70.0 Å². The Morgan fingerprint density at radius 2 is 2.05 bits per heavy atom. The molecule has 0 spiro atoms. The van der Waals surface area contributed by atoms with E-state index in [1.165, 1.54) is 0 Å². The van der Waals surface area contributed by atoms with Gasteiger partial charge in [0.05, 0.1) is 19.8 Å². The van der Waals surface area contributed by atoms with Crippen molar-refractivity contribution >= 4 is 15.7 Å². The van der Waals surface area contributed by atoms with E-state index in [9.17, 15) is 9.46 Å². The van der Waals surface area contributed by atoms with Crippen molar-refractivity contribution < 1.29 is 32.7 Å². The van der Waals surface area contributed by atoms with Gasteiger partial charge >= 0.3 is 7.82 Å². The summed E-state index contributed by atoms with van der Waals surface area (Å²) in [5, 5.41) is 0. The summed E-state index contributed by atoms with van der Waals surface area (Å²) in [6.45, 7) is 4.61. The Morgan fingerprint density at radius 1 is 1.33 bits per heavy atom. The van der Waals surface area contributed by atoms with Crippen LogP contribution in [0.4, 0.5) is 0 Å². The van der Waals surface area contributed by atoms with E-state index in [0.717, 1.165) is 0 Å². The van der Waals surface area contributed by atoms with Crippen molar-refractivity contribution in [1.29, 1.82) is 0 Å². The lowest BCUT2D eigenvalue weighted by molar-refractivity contribution is -0.0398. The molecule has 21 heavy (non-hydrogen) atoms. The van der Waals surface area contributed by atoms with Crippen LogP contribution < -0.4 is 5.73 Å². The average Bonchev–Trinajstić information content (AvgIpc) is 2.69. The van der Waals surface area contributed by atoms with Crippen LogP contribution in [0.25, 0.3) is 0 Å². The Labute approximate surface area is 126 Å². The van der Waals surface area contributed by atoms with Crippen LogP contribution in [-0.2, 0) is 27.8 Å². The Kier molecular flexibility index (Phi) is 8.37. The predicted molar refractivity (Wildman–Crippen MR) is 76.0 cm³/mol. The first kappa shape index (κ1) is 19.1. The summed E-state index contributed by atoms with van der Waals surface area (Å²) in [5.41, 5.74) is 5.39. The van der Waals surface area contributed by atoms with E-state index in [1.807, 2.05) is 6.92 Å². The molecule has 8 nitrogen and oxygen atoms in total. The third-order valence-electron chi connectivity index (χ3n) is 2.81. The largest absolute Gasteiger partial charge is 0.472 e. The van der Waals surface area contributed by atoms with Crippen molar-refractivity contribution in [1.82, 2.24) is 0 Å². The summed E-state index contributed by atoms with van der Waals surface area (Å²) in [4.78, 5) is 9.64. The highest BCUT2D eigenvalue weighted by Crippen LogP contribution is 2.47. The minimum atomic E-state index is -4.21. The highest BCUT2D eigenvalue weighted by atomic mass is 31.2. The number of hydrogen-bond acceptors (Lipinski definition) is 7. The molecular weight excluding hydrogens is 300 g/mol. The highest BCUT2D eigenvalue weighted by Gasteiger charge is 2.47.